The highest BCUT2D eigenvalue weighted by atomic mass is 19.1. The number of nitriles is 1. The van der Waals surface area contributed by atoms with Crippen LogP contribution < -0.4 is 5.32 Å². The summed E-state index contributed by atoms with van der Waals surface area (Å²) in [4.78, 5) is 11.8. The highest BCUT2D eigenvalue weighted by Crippen LogP contribution is 2.14. The fourth-order valence-electron chi connectivity index (χ4n) is 1.73. The molecule has 0 atom stereocenters. The van der Waals surface area contributed by atoms with Crippen molar-refractivity contribution in [3.8, 4) is 6.07 Å². The fraction of sp³-hybridized carbons (Fsp3) is 0.0667. The molecule has 2 rings (SSSR count). The Morgan fingerprint density at radius 3 is 2.70 bits per heavy atom. The Morgan fingerprint density at radius 1 is 1.20 bits per heavy atom. The molecule has 100 valence electrons. The fourth-order valence-corrected chi connectivity index (χ4v) is 1.73. The molecular formula is C15H10F2N2O. The van der Waals surface area contributed by atoms with Gasteiger partial charge in [0.15, 0.2) is 0 Å². The average molecular weight is 272 g/mol. The molecule has 0 saturated carbocycles. The molecule has 0 aliphatic heterocycles. The van der Waals surface area contributed by atoms with Crippen molar-refractivity contribution in [2.45, 2.75) is 6.42 Å². The number of benzene rings is 2. The molecule has 3 nitrogen and oxygen atoms in total. The lowest BCUT2D eigenvalue weighted by molar-refractivity contribution is -0.115. The predicted molar refractivity (Wildman–Crippen MR) is 69.8 cm³/mol. The number of nitrogens with zero attached hydrogens (tertiary/aromatic N) is 1. The van der Waals surface area contributed by atoms with Crippen LogP contribution in [0, 0.1) is 23.0 Å². The maximum absolute atomic E-state index is 13.1. The molecular weight excluding hydrogens is 262 g/mol. The summed E-state index contributed by atoms with van der Waals surface area (Å²) in [6.45, 7) is 0. The zero-order chi connectivity index (χ0) is 14.5. The van der Waals surface area contributed by atoms with Gasteiger partial charge in [0, 0.05) is 5.69 Å². The van der Waals surface area contributed by atoms with Crippen LogP contribution in [0.1, 0.15) is 11.1 Å². The van der Waals surface area contributed by atoms with Crippen molar-refractivity contribution in [3.05, 3.63) is 65.2 Å². The van der Waals surface area contributed by atoms with Gasteiger partial charge in [0.05, 0.1) is 12.0 Å². The average Bonchev–Trinajstić information content (AvgIpc) is 2.41. The first-order chi connectivity index (χ1) is 9.58. The van der Waals surface area contributed by atoms with E-state index in [1.807, 2.05) is 0 Å². The molecule has 0 aliphatic carbocycles. The quantitative estimate of drug-likeness (QED) is 0.933. The van der Waals surface area contributed by atoms with E-state index in [4.69, 9.17) is 5.26 Å². The molecule has 0 spiro atoms. The summed E-state index contributed by atoms with van der Waals surface area (Å²) in [5, 5.41) is 11.2. The number of rotatable bonds is 3. The van der Waals surface area contributed by atoms with Crippen molar-refractivity contribution >= 4 is 11.6 Å². The summed E-state index contributed by atoms with van der Waals surface area (Å²) in [5.41, 5.74) is 0.711. The van der Waals surface area contributed by atoms with Gasteiger partial charge in [-0.05, 0) is 35.9 Å². The third-order valence-electron chi connectivity index (χ3n) is 2.62. The SMILES string of the molecule is N#Cc1cc(NC(=O)Cc2cccc(F)c2)ccc1F. The number of halogens is 2. The van der Waals surface area contributed by atoms with Gasteiger partial charge < -0.3 is 5.32 Å². The minimum Gasteiger partial charge on any atom is -0.326 e. The summed E-state index contributed by atoms with van der Waals surface area (Å²) >= 11 is 0. The third kappa shape index (κ3) is 3.39. The monoisotopic (exact) mass is 272 g/mol. The van der Waals surface area contributed by atoms with E-state index in [9.17, 15) is 13.6 Å². The van der Waals surface area contributed by atoms with Crippen LogP contribution in [0.2, 0.25) is 0 Å². The number of amides is 1. The zero-order valence-corrected chi connectivity index (χ0v) is 10.4. The molecule has 0 aliphatic rings. The lowest BCUT2D eigenvalue weighted by atomic mass is 10.1. The molecule has 0 aromatic heterocycles. The molecule has 0 unspecified atom stereocenters. The van der Waals surface area contributed by atoms with Crippen LogP contribution in [0.25, 0.3) is 0 Å². The molecule has 2 aromatic carbocycles. The molecule has 1 amide bonds. The van der Waals surface area contributed by atoms with E-state index < -0.39 is 11.6 Å². The Hall–Kier alpha value is -2.74. The van der Waals surface area contributed by atoms with Gasteiger partial charge in [-0.3, -0.25) is 4.79 Å². The normalized spacial score (nSPS) is 9.85. The molecule has 0 bridgehead atoms. The van der Waals surface area contributed by atoms with E-state index in [1.54, 1.807) is 12.1 Å². The highest BCUT2D eigenvalue weighted by Gasteiger charge is 2.07. The Labute approximate surface area is 114 Å². The van der Waals surface area contributed by atoms with Crippen LogP contribution in [0.15, 0.2) is 42.5 Å². The molecule has 2 aromatic rings. The minimum atomic E-state index is -0.643. The van der Waals surface area contributed by atoms with Crippen LogP contribution in [0.4, 0.5) is 14.5 Å². The molecule has 20 heavy (non-hydrogen) atoms. The number of carbonyl (C=O) groups excluding carboxylic acids is 1. The summed E-state index contributed by atoms with van der Waals surface area (Å²) in [6.07, 6.45) is -0.00295. The van der Waals surface area contributed by atoms with Crippen molar-refractivity contribution in [3.63, 3.8) is 0 Å². The largest absolute Gasteiger partial charge is 0.326 e. The van der Waals surface area contributed by atoms with Crippen molar-refractivity contribution in [2.24, 2.45) is 0 Å². The Kier molecular flexibility index (Phi) is 4.06. The van der Waals surface area contributed by atoms with Gasteiger partial charge >= 0.3 is 0 Å². The lowest BCUT2D eigenvalue weighted by Crippen LogP contribution is -2.14. The van der Waals surface area contributed by atoms with Gasteiger partial charge in [-0.2, -0.15) is 5.26 Å². The first-order valence-corrected chi connectivity index (χ1v) is 5.82. The van der Waals surface area contributed by atoms with Gasteiger partial charge in [-0.15, -0.1) is 0 Å². The second kappa shape index (κ2) is 5.93. The minimum absolute atomic E-state index is 0.00295. The van der Waals surface area contributed by atoms with Crippen LogP contribution in [-0.2, 0) is 11.2 Å². The summed E-state index contributed by atoms with van der Waals surface area (Å²) in [7, 11) is 0. The van der Waals surface area contributed by atoms with Crippen LogP contribution in [0.3, 0.4) is 0 Å². The van der Waals surface area contributed by atoms with Gasteiger partial charge in [-0.1, -0.05) is 12.1 Å². The predicted octanol–water partition coefficient (Wildman–Crippen LogP) is 3.02. The Balaban J connectivity index is 2.07. The van der Waals surface area contributed by atoms with Crippen molar-refractivity contribution in [2.75, 3.05) is 5.32 Å². The summed E-state index contributed by atoms with van der Waals surface area (Å²) < 4.78 is 26.1. The molecule has 0 heterocycles. The maximum atomic E-state index is 13.1. The number of carbonyl (C=O) groups is 1. The lowest BCUT2D eigenvalue weighted by Gasteiger charge is -2.06. The zero-order valence-electron chi connectivity index (χ0n) is 10.4. The van der Waals surface area contributed by atoms with E-state index >= 15 is 0 Å². The Morgan fingerprint density at radius 2 is 2.00 bits per heavy atom. The highest BCUT2D eigenvalue weighted by molar-refractivity contribution is 5.92. The smallest absolute Gasteiger partial charge is 0.228 e. The van der Waals surface area contributed by atoms with Gasteiger partial charge in [0.1, 0.15) is 17.7 Å². The van der Waals surface area contributed by atoms with Crippen LogP contribution in [0.5, 0.6) is 0 Å². The number of anilines is 1. The summed E-state index contributed by atoms with van der Waals surface area (Å²) in [5.74, 6) is -1.43. The molecule has 0 saturated heterocycles. The van der Waals surface area contributed by atoms with E-state index in [1.165, 1.54) is 30.3 Å². The Bertz CT molecular complexity index is 693. The van der Waals surface area contributed by atoms with Crippen molar-refractivity contribution < 1.29 is 13.6 Å². The second-order valence-corrected chi connectivity index (χ2v) is 4.16. The van der Waals surface area contributed by atoms with E-state index in [0.29, 0.717) is 11.3 Å². The van der Waals surface area contributed by atoms with Gasteiger partial charge in [0.25, 0.3) is 0 Å². The first-order valence-electron chi connectivity index (χ1n) is 5.82. The van der Waals surface area contributed by atoms with E-state index in [0.717, 1.165) is 6.07 Å². The van der Waals surface area contributed by atoms with Gasteiger partial charge in [-0.25, -0.2) is 8.78 Å². The molecule has 0 radical (unpaired) electrons. The van der Waals surface area contributed by atoms with Gasteiger partial charge in [0.2, 0.25) is 5.91 Å². The van der Waals surface area contributed by atoms with Crippen LogP contribution in [-0.4, -0.2) is 5.91 Å². The van der Waals surface area contributed by atoms with Crippen LogP contribution >= 0.6 is 0 Å². The van der Waals surface area contributed by atoms with E-state index in [-0.39, 0.29) is 17.9 Å². The third-order valence-corrected chi connectivity index (χ3v) is 2.62. The van der Waals surface area contributed by atoms with Crippen molar-refractivity contribution in [1.29, 1.82) is 5.26 Å². The molecule has 0 fully saturated rings. The number of hydrogen-bond acceptors (Lipinski definition) is 2. The number of nitrogens with one attached hydrogen (secondary N) is 1. The second-order valence-electron chi connectivity index (χ2n) is 4.16. The number of hydrogen-bond donors (Lipinski definition) is 1. The molecule has 5 heteroatoms. The topological polar surface area (TPSA) is 52.9 Å². The first kappa shape index (κ1) is 13.7. The standard InChI is InChI=1S/C15H10F2N2O/c16-12-3-1-2-10(6-12)7-15(20)19-13-4-5-14(17)11(8-13)9-18/h1-6,8H,7H2,(H,19,20). The maximum Gasteiger partial charge on any atom is 0.228 e. The van der Waals surface area contributed by atoms with E-state index in [2.05, 4.69) is 5.32 Å². The summed E-state index contributed by atoms with van der Waals surface area (Å²) in [6, 6.07) is 11.1. The molecule has 1 N–H and O–H groups in total. The van der Waals surface area contributed by atoms with Crippen molar-refractivity contribution in [1.82, 2.24) is 0 Å².